The molecule has 110 valence electrons. The second-order valence-electron chi connectivity index (χ2n) is 3.96. The van der Waals surface area contributed by atoms with Gasteiger partial charge in [0.1, 0.15) is 11.5 Å². The molecule has 2 aromatic rings. The third-order valence-corrected chi connectivity index (χ3v) is 2.98. The number of phenolic OH excluding ortho intramolecular Hbond substituents is 1. The third-order valence-electron chi connectivity index (χ3n) is 2.47. The normalized spacial score (nSPS) is 11.3. The number of rotatable bonds is 4. The Labute approximate surface area is 129 Å². The molecule has 0 aliphatic carbocycles. The molecule has 0 aromatic heterocycles. The molecule has 1 N–H and O–H groups in total. The van der Waals surface area contributed by atoms with Gasteiger partial charge in [-0.25, -0.2) is 0 Å². The molecular formula is C14H9Cl2F2NO2. The molecule has 2 aromatic carbocycles. The van der Waals surface area contributed by atoms with Crippen LogP contribution in [-0.2, 0) is 0 Å². The zero-order valence-electron chi connectivity index (χ0n) is 10.4. The monoisotopic (exact) mass is 331 g/mol. The van der Waals surface area contributed by atoms with E-state index in [0.717, 1.165) is 0 Å². The molecule has 0 saturated carbocycles. The van der Waals surface area contributed by atoms with Crippen molar-refractivity contribution in [2.75, 3.05) is 0 Å². The van der Waals surface area contributed by atoms with Crippen LogP contribution in [0.5, 0.6) is 11.5 Å². The summed E-state index contributed by atoms with van der Waals surface area (Å²) in [5.74, 6) is -0.0972. The Morgan fingerprint density at radius 1 is 1.14 bits per heavy atom. The molecule has 0 radical (unpaired) electrons. The molecule has 0 atom stereocenters. The topological polar surface area (TPSA) is 41.8 Å². The number of aliphatic imine (C=N–C) groups is 1. The Balaban J connectivity index is 2.18. The van der Waals surface area contributed by atoms with E-state index in [0.29, 0.717) is 16.3 Å². The van der Waals surface area contributed by atoms with E-state index in [9.17, 15) is 13.9 Å². The SMILES string of the molecule is Oc1c(Cl)cc(Cl)cc1C=Nc1ccc(OC(F)F)cc1. The number of phenols is 1. The van der Waals surface area contributed by atoms with Crippen LogP contribution in [0.4, 0.5) is 14.5 Å². The second-order valence-corrected chi connectivity index (χ2v) is 4.80. The standard InChI is InChI=1S/C14H9Cl2F2NO2/c15-9-5-8(13(20)12(16)6-9)7-19-10-1-3-11(4-2-10)21-14(17)18/h1-7,14,20H. The minimum atomic E-state index is -2.87. The fraction of sp³-hybridized carbons (Fsp3) is 0.0714. The molecule has 7 heteroatoms. The lowest BCUT2D eigenvalue weighted by Crippen LogP contribution is -2.01. The van der Waals surface area contributed by atoms with Gasteiger partial charge in [0, 0.05) is 16.8 Å². The van der Waals surface area contributed by atoms with Gasteiger partial charge in [0.15, 0.2) is 0 Å². The summed E-state index contributed by atoms with van der Waals surface area (Å²) in [5, 5.41) is 10.2. The number of halogens is 4. The fourth-order valence-electron chi connectivity index (χ4n) is 1.54. The zero-order valence-corrected chi connectivity index (χ0v) is 11.9. The van der Waals surface area contributed by atoms with Gasteiger partial charge in [-0.3, -0.25) is 4.99 Å². The minimum Gasteiger partial charge on any atom is -0.506 e. The van der Waals surface area contributed by atoms with Crippen LogP contribution in [0.15, 0.2) is 41.4 Å². The predicted octanol–water partition coefficient (Wildman–Crippen LogP) is 5.05. The first-order valence-electron chi connectivity index (χ1n) is 5.72. The first kappa shape index (κ1) is 15.5. The summed E-state index contributed by atoms with van der Waals surface area (Å²) in [6.45, 7) is -2.87. The maximum absolute atomic E-state index is 12.0. The van der Waals surface area contributed by atoms with Crippen molar-refractivity contribution in [1.29, 1.82) is 0 Å². The zero-order chi connectivity index (χ0) is 15.4. The summed E-state index contributed by atoms with van der Waals surface area (Å²) in [4.78, 5) is 4.09. The largest absolute Gasteiger partial charge is 0.506 e. The lowest BCUT2D eigenvalue weighted by molar-refractivity contribution is -0.0498. The summed E-state index contributed by atoms with van der Waals surface area (Å²) in [6.07, 6.45) is 1.37. The quantitative estimate of drug-likeness (QED) is 0.796. The second kappa shape index (κ2) is 6.74. The molecule has 21 heavy (non-hydrogen) atoms. The minimum absolute atomic E-state index is 0.0394. The van der Waals surface area contributed by atoms with Crippen molar-refractivity contribution in [2.24, 2.45) is 4.99 Å². The number of ether oxygens (including phenoxy) is 1. The smallest absolute Gasteiger partial charge is 0.387 e. The van der Waals surface area contributed by atoms with E-state index in [1.54, 1.807) is 0 Å². The molecular weight excluding hydrogens is 323 g/mol. The molecule has 0 spiro atoms. The highest BCUT2D eigenvalue weighted by Gasteiger charge is 2.06. The molecule has 0 fully saturated rings. The summed E-state index contributed by atoms with van der Waals surface area (Å²) < 4.78 is 28.2. The fourth-order valence-corrected chi connectivity index (χ4v) is 2.05. The lowest BCUT2D eigenvalue weighted by atomic mass is 10.2. The van der Waals surface area contributed by atoms with Crippen molar-refractivity contribution in [3.8, 4) is 11.5 Å². The first-order valence-corrected chi connectivity index (χ1v) is 6.48. The van der Waals surface area contributed by atoms with Crippen LogP contribution < -0.4 is 4.74 Å². The Hall–Kier alpha value is -1.85. The van der Waals surface area contributed by atoms with Crippen molar-refractivity contribution >= 4 is 35.1 Å². The van der Waals surface area contributed by atoms with Crippen LogP contribution >= 0.6 is 23.2 Å². The van der Waals surface area contributed by atoms with Crippen molar-refractivity contribution in [3.05, 3.63) is 52.0 Å². The van der Waals surface area contributed by atoms with Gasteiger partial charge in [-0.2, -0.15) is 8.78 Å². The van der Waals surface area contributed by atoms with Gasteiger partial charge in [0.2, 0.25) is 0 Å². The highest BCUT2D eigenvalue weighted by Crippen LogP contribution is 2.30. The van der Waals surface area contributed by atoms with Gasteiger partial charge in [-0.05, 0) is 36.4 Å². The molecule has 0 aliphatic heterocycles. The van der Waals surface area contributed by atoms with Gasteiger partial charge in [-0.1, -0.05) is 23.2 Å². The van der Waals surface area contributed by atoms with Crippen molar-refractivity contribution in [3.63, 3.8) is 0 Å². The van der Waals surface area contributed by atoms with Crippen LogP contribution in [0.2, 0.25) is 10.0 Å². The summed E-state index contributed by atoms with van der Waals surface area (Å²) in [6, 6.07) is 8.63. The Bertz CT molecular complexity index is 661. The summed E-state index contributed by atoms with van der Waals surface area (Å²) in [5.41, 5.74) is 0.840. The van der Waals surface area contributed by atoms with E-state index < -0.39 is 6.61 Å². The number of nitrogens with zero attached hydrogens (tertiary/aromatic N) is 1. The number of hydrogen-bond acceptors (Lipinski definition) is 3. The summed E-state index contributed by atoms with van der Waals surface area (Å²) >= 11 is 11.6. The third kappa shape index (κ3) is 4.31. The molecule has 0 bridgehead atoms. The highest BCUT2D eigenvalue weighted by molar-refractivity contribution is 6.36. The van der Waals surface area contributed by atoms with E-state index in [2.05, 4.69) is 9.73 Å². The lowest BCUT2D eigenvalue weighted by Gasteiger charge is -2.04. The van der Waals surface area contributed by atoms with Crippen molar-refractivity contribution < 1.29 is 18.6 Å². The van der Waals surface area contributed by atoms with Crippen LogP contribution in [-0.4, -0.2) is 17.9 Å². The number of hydrogen-bond donors (Lipinski definition) is 1. The van der Waals surface area contributed by atoms with Crippen LogP contribution in [0.3, 0.4) is 0 Å². The van der Waals surface area contributed by atoms with Crippen LogP contribution in [0.25, 0.3) is 0 Å². The van der Waals surface area contributed by atoms with Crippen molar-refractivity contribution in [1.82, 2.24) is 0 Å². The van der Waals surface area contributed by atoms with E-state index in [1.165, 1.54) is 42.6 Å². The Morgan fingerprint density at radius 3 is 2.43 bits per heavy atom. The maximum Gasteiger partial charge on any atom is 0.387 e. The molecule has 3 nitrogen and oxygen atoms in total. The van der Waals surface area contributed by atoms with Gasteiger partial charge in [0.25, 0.3) is 0 Å². The summed E-state index contributed by atoms with van der Waals surface area (Å²) in [7, 11) is 0. The molecule has 0 amide bonds. The number of alkyl halides is 2. The van der Waals surface area contributed by atoms with Gasteiger partial charge in [-0.15, -0.1) is 0 Å². The molecule has 0 unspecified atom stereocenters. The molecule has 0 aliphatic rings. The van der Waals surface area contributed by atoms with Crippen molar-refractivity contribution in [2.45, 2.75) is 6.61 Å². The average Bonchev–Trinajstić information content (AvgIpc) is 2.42. The molecule has 0 heterocycles. The van der Waals surface area contributed by atoms with Crippen LogP contribution in [0, 0.1) is 0 Å². The van der Waals surface area contributed by atoms with E-state index >= 15 is 0 Å². The molecule has 2 rings (SSSR count). The number of aromatic hydroxyl groups is 1. The Kier molecular flexibility index (Phi) is 4.98. The number of benzene rings is 2. The maximum atomic E-state index is 12.0. The van der Waals surface area contributed by atoms with Gasteiger partial charge < -0.3 is 9.84 Å². The molecule has 0 saturated heterocycles. The van der Waals surface area contributed by atoms with E-state index in [1.807, 2.05) is 0 Å². The van der Waals surface area contributed by atoms with Gasteiger partial charge in [0.05, 0.1) is 10.7 Å². The van der Waals surface area contributed by atoms with E-state index in [4.69, 9.17) is 23.2 Å². The van der Waals surface area contributed by atoms with E-state index in [-0.39, 0.29) is 16.5 Å². The van der Waals surface area contributed by atoms with Crippen LogP contribution in [0.1, 0.15) is 5.56 Å². The highest BCUT2D eigenvalue weighted by atomic mass is 35.5. The first-order chi connectivity index (χ1) is 9.95. The van der Waals surface area contributed by atoms with Gasteiger partial charge >= 0.3 is 6.61 Å². The predicted molar refractivity (Wildman–Crippen MR) is 78.5 cm³/mol. The Morgan fingerprint density at radius 2 is 1.81 bits per heavy atom. The average molecular weight is 332 g/mol.